The second kappa shape index (κ2) is 4.83. The molecule has 2 aliphatic carbocycles. The van der Waals surface area contributed by atoms with Crippen LogP contribution in [-0.4, -0.2) is 19.4 Å². The first-order chi connectivity index (χ1) is 10.3. The number of fused-ring (bicyclic) bond motifs is 1. The van der Waals surface area contributed by atoms with Crippen molar-refractivity contribution >= 4 is 11.7 Å². The molecule has 5 heteroatoms. The highest BCUT2D eigenvalue weighted by Gasteiger charge is 2.48. The zero-order chi connectivity index (χ0) is 14.3. The number of carbonyl (C=O) groups is 1. The predicted octanol–water partition coefficient (Wildman–Crippen LogP) is 3.12. The van der Waals surface area contributed by atoms with E-state index in [1.165, 1.54) is 32.1 Å². The molecule has 3 aliphatic rings. The summed E-state index contributed by atoms with van der Waals surface area (Å²) in [6.07, 6.45) is 6.52. The van der Waals surface area contributed by atoms with Crippen molar-refractivity contribution in [1.82, 2.24) is 5.32 Å². The Kier molecular flexibility index (Phi) is 2.94. The fourth-order valence-electron chi connectivity index (χ4n) is 3.46. The minimum absolute atomic E-state index is 0.138. The molecule has 5 nitrogen and oxygen atoms in total. The van der Waals surface area contributed by atoms with Crippen molar-refractivity contribution in [3.8, 4) is 11.5 Å². The summed E-state index contributed by atoms with van der Waals surface area (Å²) in [7, 11) is 0. The summed E-state index contributed by atoms with van der Waals surface area (Å²) in [5, 5.41) is 5.91. The molecule has 2 saturated carbocycles. The molecular weight excluding hydrogens is 268 g/mol. The molecule has 0 spiro atoms. The summed E-state index contributed by atoms with van der Waals surface area (Å²) in [6.45, 7) is 1.04. The van der Waals surface area contributed by atoms with E-state index in [1.54, 1.807) is 6.07 Å². The number of amides is 2. The van der Waals surface area contributed by atoms with Gasteiger partial charge in [0.05, 0.1) is 0 Å². The number of carbonyl (C=O) groups excluding carboxylic acids is 1. The Bertz CT molecular complexity index is 565. The summed E-state index contributed by atoms with van der Waals surface area (Å²) < 4.78 is 10.6. The number of anilines is 1. The molecule has 1 heterocycles. The van der Waals surface area contributed by atoms with Gasteiger partial charge in [-0.1, -0.05) is 6.42 Å². The molecule has 0 aromatic heterocycles. The summed E-state index contributed by atoms with van der Waals surface area (Å²) in [5.41, 5.74) is 1.12. The van der Waals surface area contributed by atoms with E-state index < -0.39 is 0 Å². The summed E-state index contributed by atoms with van der Waals surface area (Å²) >= 11 is 0. The van der Waals surface area contributed by atoms with Gasteiger partial charge >= 0.3 is 6.03 Å². The molecule has 21 heavy (non-hydrogen) atoms. The van der Waals surface area contributed by atoms with Crippen molar-refractivity contribution in [1.29, 1.82) is 0 Å². The maximum atomic E-state index is 12.0. The smallest absolute Gasteiger partial charge is 0.319 e. The van der Waals surface area contributed by atoms with Crippen molar-refractivity contribution in [2.75, 3.05) is 18.7 Å². The SMILES string of the molecule is O=C(NCC1(C2CC2)CCC1)Nc1ccc2c(c1)OCO2. The largest absolute Gasteiger partial charge is 0.454 e. The number of benzene rings is 1. The number of nitrogens with one attached hydrogen (secondary N) is 2. The van der Waals surface area contributed by atoms with Crippen molar-refractivity contribution < 1.29 is 14.3 Å². The van der Waals surface area contributed by atoms with Crippen LogP contribution < -0.4 is 20.1 Å². The van der Waals surface area contributed by atoms with Crippen LogP contribution in [0.1, 0.15) is 32.1 Å². The number of hydrogen-bond donors (Lipinski definition) is 2. The lowest BCUT2D eigenvalue weighted by molar-refractivity contribution is 0.103. The van der Waals surface area contributed by atoms with Gasteiger partial charge in [0, 0.05) is 18.3 Å². The van der Waals surface area contributed by atoms with Gasteiger partial charge in [0.2, 0.25) is 6.79 Å². The second-order valence-corrected chi connectivity index (χ2v) is 6.37. The zero-order valence-electron chi connectivity index (χ0n) is 12.0. The fraction of sp³-hybridized carbons (Fsp3) is 0.562. The Morgan fingerprint density at radius 3 is 2.76 bits per heavy atom. The number of ether oxygens (including phenoxy) is 2. The highest BCUT2D eigenvalue weighted by atomic mass is 16.7. The van der Waals surface area contributed by atoms with Gasteiger partial charge in [-0.25, -0.2) is 4.79 Å². The van der Waals surface area contributed by atoms with Crippen LogP contribution in [0.3, 0.4) is 0 Å². The first-order valence-electron chi connectivity index (χ1n) is 7.70. The standard InChI is InChI=1S/C16H20N2O3/c19-15(17-9-16(6-1-7-16)11-2-3-11)18-12-4-5-13-14(8-12)21-10-20-13/h4-5,8,11H,1-3,6-7,9-10H2,(H2,17,18,19). The first-order valence-corrected chi connectivity index (χ1v) is 7.70. The Labute approximate surface area is 124 Å². The van der Waals surface area contributed by atoms with Crippen LogP contribution in [-0.2, 0) is 0 Å². The van der Waals surface area contributed by atoms with E-state index in [0.717, 1.165) is 23.9 Å². The van der Waals surface area contributed by atoms with Crippen LogP contribution in [0.25, 0.3) is 0 Å². The van der Waals surface area contributed by atoms with Gasteiger partial charge in [0.15, 0.2) is 11.5 Å². The molecule has 112 valence electrons. The van der Waals surface area contributed by atoms with E-state index in [0.29, 0.717) is 11.2 Å². The molecule has 4 rings (SSSR count). The number of rotatable bonds is 4. The third-order valence-corrected chi connectivity index (χ3v) is 5.02. The molecular formula is C16H20N2O3. The zero-order valence-corrected chi connectivity index (χ0v) is 12.0. The Hall–Kier alpha value is -1.91. The first kappa shape index (κ1) is 12.8. The van der Waals surface area contributed by atoms with Crippen LogP contribution >= 0.6 is 0 Å². The number of urea groups is 1. The minimum atomic E-state index is -0.138. The van der Waals surface area contributed by atoms with Crippen LogP contribution in [0.5, 0.6) is 11.5 Å². The lowest BCUT2D eigenvalue weighted by Crippen LogP contribution is -2.44. The monoisotopic (exact) mass is 288 g/mol. The summed E-state index contributed by atoms with van der Waals surface area (Å²) in [5.74, 6) is 2.25. The lowest BCUT2D eigenvalue weighted by atomic mass is 9.65. The van der Waals surface area contributed by atoms with Gasteiger partial charge in [-0.15, -0.1) is 0 Å². The van der Waals surface area contributed by atoms with Crippen LogP contribution in [0, 0.1) is 11.3 Å². The molecule has 2 N–H and O–H groups in total. The fourth-order valence-corrected chi connectivity index (χ4v) is 3.46. The van der Waals surface area contributed by atoms with E-state index in [9.17, 15) is 4.79 Å². The molecule has 1 aliphatic heterocycles. The van der Waals surface area contributed by atoms with Gasteiger partial charge in [-0.3, -0.25) is 0 Å². The molecule has 1 aromatic carbocycles. The van der Waals surface area contributed by atoms with Crippen molar-refractivity contribution in [2.24, 2.45) is 11.3 Å². The van der Waals surface area contributed by atoms with E-state index in [2.05, 4.69) is 10.6 Å². The summed E-state index contributed by atoms with van der Waals surface area (Å²) in [4.78, 5) is 12.0. The summed E-state index contributed by atoms with van der Waals surface area (Å²) in [6, 6.07) is 5.30. The van der Waals surface area contributed by atoms with Gasteiger partial charge in [0.25, 0.3) is 0 Å². The molecule has 0 saturated heterocycles. The van der Waals surface area contributed by atoms with E-state index in [-0.39, 0.29) is 12.8 Å². The van der Waals surface area contributed by atoms with E-state index in [1.807, 2.05) is 12.1 Å². The highest BCUT2D eigenvalue weighted by molar-refractivity contribution is 5.89. The molecule has 1 aromatic rings. The van der Waals surface area contributed by atoms with E-state index in [4.69, 9.17) is 9.47 Å². The normalized spacial score (nSPS) is 21.5. The van der Waals surface area contributed by atoms with Crippen LogP contribution in [0.15, 0.2) is 18.2 Å². The lowest BCUT2D eigenvalue weighted by Gasteiger charge is -2.42. The predicted molar refractivity (Wildman–Crippen MR) is 78.6 cm³/mol. The van der Waals surface area contributed by atoms with Gasteiger partial charge < -0.3 is 20.1 Å². The quantitative estimate of drug-likeness (QED) is 0.895. The van der Waals surface area contributed by atoms with Crippen LogP contribution in [0.4, 0.5) is 10.5 Å². The average molecular weight is 288 g/mol. The highest BCUT2D eigenvalue weighted by Crippen LogP contribution is 2.56. The maximum absolute atomic E-state index is 12.0. The van der Waals surface area contributed by atoms with Gasteiger partial charge in [-0.2, -0.15) is 0 Å². The minimum Gasteiger partial charge on any atom is -0.454 e. The van der Waals surface area contributed by atoms with Gasteiger partial charge in [-0.05, 0) is 49.1 Å². The van der Waals surface area contributed by atoms with Crippen molar-refractivity contribution in [3.63, 3.8) is 0 Å². The van der Waals surface area contributed by atoms with Crippen molar-refractivity contribution in [3.05, 3.63) is 18.2 Å². The van der Waals surface area contributed by atoms with E-state index >= 15 is 0 Å². The Morgan fingerprint density at radius 2 is 2.05 bits per heavy atom. The molecule has 0 unspecified atom stereocenters. The average Bonchev–Trinajstić information content (AvgIpc) is 3.16. The molecule has 2 amide bonds. The Morgan fingerprint density at radius 1 is 1.24 bits per heavy atom. The third kappa shape index (κ3) is 2.41. The number of hydrogen-bond acceptors (Lipinski definition) is 3. The second-order valence-electron chi connectivity index (χ2n) is 6.37. The van der Waals surface area contributed by atoms with Crippen molar-refractivity contribution in [2.45, 2.75) is 32.1 Å². The molecule has 0 radical (unpaired) electrons. The molecule has 2 fully saturated rings. The molecule has 0 atom stereocenters. The third-order valence-electron chi connectivity index (χ3n) is 5.02. The molecule has 0 bridgehead atoms. The maximum Gasteiger partial charge on any atom is 0.319 e. The Balaban J connectivity index is 1.33. The van der Waals surface area contributed by atoms with Gasteiger partial charge in [0.1, 0.15) is 0 Å². The topological polar surface area (TPSA) is 59.6 Å². The van der Waals surface area contributed by atoms with Crippen LogP contribution in [0.2, 0.25) is 0 Å².